The summed E-state index contributed by atoms with van der Waals surface area (Å²) in [6.07, 6.45) is 0.558. The third-order valence-electron chi connectivity index (χ3n) is 4.02. The molecule has 1 aliphatic heterocycles. The van der Waals surface area contributed by atoms with Crippen LogP contribution < -0.4 is 0 Å². The van der Waals surface area contributed by atoms with E-state index in [1.165, 1.54) is 0 Å². The Morgan fingerprint density at radius 3 is 2.42 bits per heavy atom. The maximum atomic E-state index is 12.7. The summed E-state index contributed by atoms with van der Waals surface area (Å²) >= 11 is 0. The van der Waals surface area contributed by atoms with Crippen LogP contribution in [0.25, 0.3) is 0 Å². The van der Waals surface area contributed by atoms with Gasteiger partial charge in [0.1, 0.15) is 18.2 Å². The average Bonchev–Trinajstić information content (AvgIpc) is 2.60. The van der Waals surface area contributed by atoms with Gasteiger partial charge in [-0.05, 0) is 32.8 Å². The third kappa shape index (κ3) is 7.14. The Morgan fingerprint density at radius 1 is 1.15 bits per heavy atom. The number of rotatable bonds is 7. The van der Waals surface area contributed by atoms with Gasteiger partial charge in [0, 0.05) is 19.5 Å². The molecule has 1 aliphatic rings. The Bertz CT molecular complexity index is 576. The Labute approximate surface area is 155 Å². The highest BCUT2D eigenvalue weighted by molar-refractivity contribution is 5.77. The van der Waals surface area contributed by atoms with Gasteiger partial charge in [-0.1, -0.05) is 30.3 Å². The van der Waals surface area contributed by atoms with Crippen molar-refractivity contribution in [2.75, 3.05) is 26.3 Å². The standard InChI is InChI=1S/C20H29NO5/c1-20(2,3)26-18(22)10-9-17(21-11-13-24-14-12-21)19(23)25-15-16-7-5-4-6-8-16/h4-8,17H,9-15H2,1-3H3/t17-/m0/s1. The molecule has 2 rings (SSSR count). The summed E-state index contributed by atoms with van der Waals surface area (Å²) in [6, 6.07) is 9.10. The highest BCUT2D eigenvalue weighted by Gasteiger charge is 2.30. The van der Waals surface area contributed by atoms with E-state index in [2.05, 4.69) is 0 Å². The summed E-state index contributed by atoms with van der Waals surface area (Å²) in [5.41, 5.74) is 0.410. The summed E-state index contributed by atoms with van der Waals surface area (Å²) in [5.74, 6) is -0.606. The second-order valence-electron chi connectivity index (χ2n) is 7.38. The summed E-state index contributed by atoms with van der Waals surface area (Å²) in [4.78, 5) is 26.7. The number of hydrogen-bond donors (Lipinski definition) is 0. The number of benzene rings is 1. The Morgan fingerprint density at radius 2 is 1.81 bits per heavy atom. The molecule has 0 N–H and O–H groups in total. The Hall–Kier alpha value is -1.92. The van der Waals surface area contributed by atoms with Crippen LogP contribution in [0.1, 0.15) is 39.2 Å². The van der Waals surface area contributed by atoms with Crippen molar-refractivity contribution in [1.29, 1.82) is 0 Å². The topological polar surface area (TPSA) is 65.1 Å². The molecule has 1 fully saturated rings. The smallest absolute Gasteiger partial charge is 0.323 e. The number of ether oxygens (including phenoxy) is 3. The molecule has 0 bridgehead atoms. The molecule has 1 aromatic carbocycles. The molecular weight excluding hydrogens is 334 g/mol. The summed E-state index contributed by atoms with van der Waals surface area (Å²) in [5, 5.41) is 0. The molecule has 0 amide bonds. The van der Waals surface area contributed by atoms with Gasteiger partial charge < -0.3 is 14.2 Å². The van der Waals surface area contributed by atoms with Crippen LogP contribution in [0, 0.1) is 0 Å². The van der Waals surface area contributed by atoms with Crippen molar-refractivity contribution in [2.45, 2.75) is 51.9 Å². The number of esters is 2. The molecule has 0 radical (unpaired) electrons. The van der Waals surface area contributed by atoms with E-state index in [0.29, 0.717) is 32.7 Å². The van der Waals surface area contributed by atoms with Crippen LogP contribution in [0.5, 0.6) is 0 Å². The van der Waals surface area contributed by atoms with Gasteiger partial charge in [0.05, 0.1) is 13.2 Å². The van der Waals surface area contributed by atoms with Crippen LogP contribution in [0.3, 0.4) is 0 Å². The van der Waals surface area contributed by atoms with E-state index in [4.69, 9.17) is 14.2 Å². The Kier molecular flexibility index (Phi) is 7.60. The minimum atomic E-state index is -0.528. The first-order chi connectivity index (χ1) is 12.3. The molecule has 1 atom stereocenters. The van der Waals surface area contributed by atoms with E-state index in [0.717, 1.165) is 5.56 Å². The zero-order valence-electron chi connectivity index (χ0n) is 15.9. The number of hydrogen-bond acceptors (Lipinski definition) is 6. The van der Waals surface area contributed by atoms with Crippen LogP contribution >= 0.6 is 0 Å². The van der Waals surface area contributed by atoms with Crippen molar-refractivity contribution in [3.05, 3.63) is 35.9 Å². The van der Waals surface area contributed by atoms with Crippen molar-refractivity contribution >= 4 is 11.9 Å². The number of morpholine rings is 1. The van der Waals surface area contributed by atoms with Gasteiger partial charge in [-0.25, -0.2) is 0 Å². The summed E-state index contributed by atoms with van der Waals surface area (Å²) in [7, 11) is 0. The lowest BCUT2D eigenvalue weighted by Gasteiger charge is -2.33. The molecule has 0 spiro atoms. The van der Waals surface area contributed by atoms with Gasteiger partial charge in [0.2, 0.25) is 0 Å². The minimum Gasteiger partial charge on any atom is -0.460 e. The van der Waals surface area contributed by atoms with Crippen LogP contribution in [-0.4, -0.2) is 54.8 Å². The summed E-state index contributed by atoms with van der Waals surface area (Å²) < 4.78 is 16.2. The molecule has 26 heavy (non-hydrogen) atoms. The second-order valence-corrected chi connectivity index (χ2v) is 7.38. The van der Waals surface area contributed by atoms with Gasteiger partial charge in [-0.2, -0.15) is 0 Å². The van der Waals surface area contributed by atoms with E-state index in [1.807, 2.05) is 56.0 Å². The molecule has 0 aliphatic carbocycles. The molecule has 6 heteroatoms. The molecular formula is C20H29NO5. The third-order valence-corrected chi connectivity index (χ3v) is 4.02. The first-order valence-electron chi connectivity index (χ1n) is 9.09. The molecule has 6 nitrogen and oxygen atoms in total. The normalized spacial score (nSPS) is 16.7. The van der Waals surface area contributed by atoms with Crippen molar-refractivity contribution in [3.8, 4) is 0 Å². The predicted molar refractivity (Wildman–Crippen MR) is 97.5 cm³/mol. The molecule has 1 aromatic rings. The van der Waals surface area contributed by atoms with E-state index >= 15 is 0 Å². The fraction of sp³-hybridized carbons (Fsp3) is 0.600. The monoisotopic (exact) mass is 363 g/mol. The van der Waals surface area contributed by atoms with Gasteiger partial charge in [0.15, 0.2) is 0 Å². The van der Waals surface area contributed by atoms with Crippen LogP contribution in [0.2, 0.25) is 0 Å². The number of carbonyl (C=O) groups excluding carboxylic acids is 2. The van der Waals surface area contributed by atoms with E-state index in [9.17, 15) is 9.59 Å². The SMILES string of the molecule is CC(C)(C)OC(=O)CC[C@@H](C(=O)OCc1ccccc1)N1CCOCC1. The molecule has 144 valence electrons. The lowest BCUT2D eigenvalue weighted by atomic mass is 10.1. The fourth-order valence-corrected chi connectivity index (χ4v) is 2.81. The van der Waals surface area contributed by atoms with E-state index in [-0.39, 0.29) is 25.0 Å². The predicted octanol–water partition coefficient (Wildman–Crippen LogP) is 2.55. The maximum Gasteiger partial charge on any atom is 0.323 e. The van der Waals surface area contributed by atoms with Gasteiger partial charge in [-0.15, -0.1) is 0 Å². The number of nitrogens with zero attached hydrogens (tertiary/aromatic N) is 1. The second kappa shape index (κ2) is 9.69. The van der Waals surface area contributed by atoms with Crippen LogP contribution in [0.15, 0.2) is 30.3 Å². The fourth-order valence-electron chi connectivity index (χ4n) is 2.81. The van der Waals surface area contributed by atoms with Crippen molar-refractivity contribution in [2.24, 2.45) is 0 Å². The highest BCUT2D eigenvalue weighted by Crippen LogP contribution is 2.16. The number of carbonyl (C=O) groups is 2. The minimum absolute atomic E-state index is 0.180. The van der Waals surface area contributed by atoms with Gasteiger partial charge in [0.25, 0.3) is 0 Å². The molecule has 0 unspecified atom stereocenters. The maximum absolute atomic E-state index is 12.7. The van der Waals surface area contributed by atoms with Gasteiger partial charge >= 0.3 is 11.9 Å². The van der Waals surface area contributed by atoms with E-state index in [1.54, 1.807) is 0 Å². The van der Waals surface area contributed by atoms with Crippen molar-refractivity contribution < 1.29 is 23.8 Å². The van der Waals surface area contributed by atoms with Crippen LogP contribution in [-0.2, 0) is 30.4 Å². The zero-order chi connectivity index (χ0) is 19.0. The molecule has 0 aromatic heterocycles. The Balaban J connectivity index is 1.93. The quantitative estimate of drug-likeness (QED) is 0.694. The average molecular weight is 363 g/mol. The van der Waals surface area contributed by atoms with Crippen molar-refractivity contribution in [3.63, 3.8) is 0 Å². The lowest BCUT2D eigenvalue weighted by molar-refractivity contribution is -0.157. The molecule has 1 heterocycles. The highest BCUT2D eigenvalue weighted by atomic mass is 16.6. The lowest BCUT2D eigenvalue weighted by Crippen LogP contribution is -2.48. The van der Waals surface area contributed by atoms with Gasteiger partial charge in [-0.3, -0.25) is 14.5 Å². The molecule has 1 saturated heterocycles. The van der Waals surface area contributed by atoms with Crippen molar-refractivity contribution in [1.82, 2.24) is 4.90 Å². The molecule has 0 saturated carbocycles. The summed E-state index contributed by atoms with van der Waals surface area (Å²) in [6.45, 7) is 8.19. The first kappa shape index (κ1) is 20.4. The zero-order valence-corrected chi connectivity index (χ0v) is 15.9. The van der Waals surface area contributed by atoms with Crippen LogP contribution in [0.4, 0.5) is 0 Å². The largest absolute Gasteiger partial charge is 0.460 e. The first-order valence-corrected chi connectivity index (χ1v) is 9.09. The van der Waals surface area contributed by atoms with E-state index < -0.39 is 11.6 Å².